The minimum Gasteiger partial charge on any atom is -0.348 e. The third-order valence-electron chi connectivity index (χ3n) is 1.64. The van der Waals surface area contributed by atoms with Gasteiger partial charge in [-0.25, -0.2) is 4.98 Å². The van der Waals surface area contributed by atoms with Crippen molar-refractivity contribution in [3.05, 3.63) is 16.1 Å². The molecule has 0 radical (unpaired) electrons. The highest BCUT2D eigenvalue weighted by Crippen LogP contribution is 2.07. The van der Waals surface area contributed by atoms with Crippen molar-refractivity contribution in [2.45, 2.75) is 20.4 Å². The summed E-state index contributed by atoms with van der Waals surface area (Å²) >= 11 is 1.57. The van der Waals surface area contributed by atoms with E-state index in [0.29, 0.717) is 13.1 Å². The molecular formula is C9H15N3OS. The Kier molecular flexibility index (Phi) is 4.55. The Balaban J connectivity index is 2.23. The fourth-order valence-electron chi connectivity index (χ4n) is 0.959. The monoisotopic (exact) mass is 213 g/mol. The lowest BCUT2D eigenvalue weighted by atomic mass is 10.5. The summed E-state index contributed by atoms with van der Waals surface area (Å²) in [6, 6.07) is 0. The quantitative estimate of drug-likeness (QED) is 0.756. The van der Waals surface area contributed by atoms with Gasteiger partial charge in [0.15, 0.2) is 0 Å². The number of likely N-dealkylation sites (N-methyl/N-ethyl adjacent to an activating group) is 1. The van der Waals surface area contributed by atoms with Gasteiger partial charge in [-0.3, -0.25) is 4.79 Å². The van der Waals surface area contributed by atoms with Gasteiger partial charge in [0.25, 0.3) is 0 Å². The maximum Gasteiger partial charge on any atom is 0.234 e. The number of aromatic nitrogens is 1. The standard InChI is InChI=1S/C9H15N3OS/c1-3-10-4-8(13)11-5-9-12-7(2)6-14-9/h6,10H,3-5H2,1-2H3,(H,11,13). The van der Waals surface area contributed by atoms with Crippen LogP contribution in [0.1, 0.15) is 17.6 Å². The minimum absolute atomic E-state index is 0.0136. The normalized spacial score (nSPS) is 10.1. The summed E-state index contributed by atoms with van der Waals surface area (Å²) in [5.41, 5.74) is 1.01. The second-order valence-electron chi connectivity index (χ2n) is 2.94. The molecule has 1 rings (SSSR count). The van der Waals surface area contributed by atoms with E-state index in [-0.39, 0.29) is 5.91 Å². The van der Waals surface area contributed by atoms with Crippen LogP contribution < -0.4 is 10.6 Å². The molecule has 0 saturated carbocycles. The Hall–Kier alpha value is -0.940. The molecule has 0 aliphatic rings. The first-order valence-corrected chi connectivity index (χ1v) is 5.48. The topological polar surface area (TPSA) is 54.0 Å². The van der Waals surface area contributed by atoms with E-state index in [1.165, 1.54) is 0 Å². The molecule has 0 aliphatic heterocycles. The van der Waals surface area contributed by atoms with Crippen molar-refractivity contribution in [1.29, 1.82) is 0 Å². The molecule has 0 aromatic carbocycles. The molecule has 1 amide bonds. The summed E-state index contributed by atoms with van der Waals surface area (Å²) in [5.74, 6) is 0.0136. The lowest BCUT2D eigenvalue weighted by Crippen LogP contribution is -2.33. The molecule has 78 valence electrons. The molecule has 1 aromatic rings. The van der Waals surface area contributed by atoms with Crippen LogP contribution in [0.15, 0.2) is 5.38 Å². The predicted molar refractivity (Wildman–Crippen MR) is 57.2 cm³/mol. The molecule has 0 saturated heterocycles. The maximum atomic E-state index is 11.2. The Bertz CT molecular complexity index is 298. The number of thiazole rings is 1. The summed E-state index contributed by atoms with van der Waals surface area (Å²) in [6.45, 7) is 5.63. The van der Waals surface area contributed by atoms with Crippen molar-refractivity contribution in [2.75, 3.05) is 13.1 Å². The molecule has 0 aliphatic carbocycles. The summed E-state index contributed by atoms with van der Waals surface area (Å²) in [6.07, 6.45) is 0. The molecule has 0 atom stereocenters. The molecule has 5 heteroatoms. The summed E-state index contributed by atoms with van der Waals surface area (Å²) < 4.78 is 0. The van der Waals surface area contributed by atoms with Gasteiger partial charge in [-0.15, -0.1) is 11.3 Å². The van der Waals surface area contributed by atoms with Gasteiger partial charge in [0.2, 0.25) is 5.91 Å². The van der Waals surface area contributed by atoms with Crippen molar-refractivity contribution < 1.29 is 4.79 Å². The third-order valence-corrected chi connectivity index (χ3v) is 2.61. The van der Waals surface area contributed by atoms with Gasteiger partial charge in [0.1, 0.15) is 5.01 Å². The largest absolute Gasteiger partial charge is 0.348 e. The fraction of sp³-hybridized carbons (Fsp3) is 0.556. The second kappa shape index (κ2) is 5.72. The summed E-state index contributed by atoms with van der Waals surface area (Å²) in [5, 5.41) is 8.68. The van der Waals surface area contributed by atoms with Crippen LogP contribution in [0.5, 0.6) is 0 Å². The highest BCUT2D eigenvalue weighted by atomic mass is 32.1. The number of aryl methyl sites for hydroxylation is 1. The van der Waals surface area contributed by atoms with Crippen LogP contribution in [-0.4, -0.2) is 24.0 Å². The van der Waals surface area contributed by atoms with E-state index in [9.17, 15) is 4.79 Å². The molecule has 0 bridgehead atoms. The zero-order valence-electron chi connectivity index (χ0n) is 8.46. The molecule has 0 unspecified atom stereocenters. The van der Waals surface area contributed by atoms with Crippen LogP contribution in [0.4, 0.5) is 0 Å². The number of hydrogen-bond donors (Lipinski definition) is 2. The molecule has 2 N–H and O–H groups in total. The second-order valence-corrected chi connectivity index (χ2v) is 3.88. The Labute approximate surface area is 87.7 Å². The first kappa shape index (κ1) is 11.1. The number of hydrogen-bond acceptors (Lipinski definition) is 4. The summed E-state index contributed by atoms with van der Waals surface area (Å²) in [7, 11) is 0. The molecule has 4 nitrogen and oxygen atoms in total. The van der Waals surface area contributed by atoms with Crippen LogP contribution in [0.2, 0.25) is 0 Å². The zero-order valence-corrected chi connectivity index (χ0v) is 9.28. The van der Waals surface area contributed by atoms with E-state index in [0.717, 1.165) is 17.2 Å². The van der Waals surface area contributed by atoms with Gasteiger partial charge in [0.05, 0.1) is 13.1 Å². The van der Waals surface area contributed by atoms with Crippen LogP contribution in [0, 0.1) is 6.92 Å². The van der Waals surface area contributed by atoms with E-state index in [1.54, 1.807) is 11.3 Å². The first-order chi connectivity index (χ1) is 6.72. The molecule has 14 heavy (non-hydrogen) atoms. The summed E-state index contributed by atoms with van der Waals surface area (Å²) in [4.78, 5) is 15.4. The van der Waals surface area contributed by atoms with Gasteiger partial charge in [-0.1, -0.05) is 6.92 Å². The molecule has 1 aromatic heterocycles. The molecule has 0 spiro atoms. The van der Waals surface area contributed by atoms with Gasteiger partial charge in [-0.2, -0.15) is 0 Å². The van der Waals surface area contributed by atoms with Crippen LogP contribution in [-0.2, 0) is 11.3 Å². The van der Waals surface area contributed by atoms with E-state index in [1.807, 2.05) is 19.2 Å². The van der Waals surface area contributed by atoms with Crippen LogP contribution in [0.3, 0.4) is 0 Å². The average Bonchev–Trinajstić information content (AvgIpc) is 2.58. The SMILES string of the molecule is CCNCC(=O)NCc1nc(C)cs1. The highest BCUT2D eigenvalue weighted by molar-refractivity contribution is 7.09. The maximum absolute atomic E-state index is 11.2. The number of amides is 1. The van der Waals surface area contributed by atoms with E-state index in [4.69, 9.17) is 0 Å². The van der Waals surface area contributed by atoms with Crippen LogP contribution >= 0.6 is 11.3 Å². The smallest absolute Gasteiger partial charge is 0.234 e. The van der Waals surface area contributed by atoms with Gasteiger partial charge in [-0.05, 0) is 13.5 Å². The van der Waals surface area contributed by atoms with Crippen LogP contribution in [0.25, 0.3) is 0 Å². The third kappa shape index (κ3) is 3.85. The fourth-order valence-corrected chi connectivity index (χ4v) is 1.67. The number of rotatable bonds is 5. The molecule has 0 fully saturated rings. The Morgan fingerprint density at radius 2 is 2.43 bits per heavy atom. The number of carbonyl (C=O) groups is 1. The van der Waals surface area contributed by atoms with Crippen molar-refractivity contribution in [3.8, 4) is 0 Å². The van der Waals surface area contributed by atoms with Gasteiger partial charge in [0, 0.05) is 11.1 Å². The van der Waals surface area contributed by atoms with Crippen molar-refractivity contribution >= 4 is 17.2 Å². The Morgan fingerprint density at radius 1 is 1.64 bits per heavy atom. The lowest BCUT2D eigenvalue weighted by molar-refractivity contribution is -0.120. The highest BCUT2D eigenvalue weighted by Gasteiger charge is 2.02. The van der Waals surface area contributed by atoms with Gasteiger partial charge >= 0.3 is 0 Å². The number of carbonyl (C=O) groups excluding carboxylic acids is 1. The molecule has 1 heterocycles. The first-order valence-electron chi connectivity index (χ1n) is 4.60. The number of nitrogens with one attached hydrogen (secondary N) is 2. The van der Waals surface area contributed by atoms with Crippen molar-refractivity contribution in [1.82, 2.24) is 15.6 Å². The zero-order chi connectivity index (χ0) is 10.4. The van der Waals surface area contributed by atoms with Gasteiger partial charge < -0.3 is 10.6 Å². The molecular weight excluding hydrogens is 198 g/mol. The van der Waals surface area contributed by atoms with E-state index >= 15 is 0 Å². The van der Waals surface area contributed by atoms with Crippen molar-refractivity contribution in [2.24, 2.45) is 0 Å². The lowest BCUT2D eigenvalue weighted by Gasteiger charge is -2.02. The van der Waals surface area contributed by atoms with E-state index in [2.05, 4.69) is 15.6 Å². The van der Waals surface area contributed by atoms with Crippen molar-refractivity contribution in [3.63, 3.8) is 0 Å². The average molecular weight is 213 g/mol. The van der Waals surface area contributed by atoms with E-state index < -0.39 is 0 Å². The predicted octanol–water partition coefficient (Wildman–Crippen LogP) is 0.677. The number of nitrogens with zero attached hydrogens (tertiary/aromatic N) is 1. The minimum atomic E-state index is 0.0136. The Morgan fingerprint density at radius 3 is 3.00 bits per heavy atom.